The summed E-state index contributed by atoms with van der Waals surface area (Å²) in [5, 5.41) is 8.29. The summed E-state index contributed by atoms with van der Waals surface area (Å²) in [5.74, 6) is 0. The first-order valence-electron chi connectivity index (χ1n) is 4.31. The molecule has 68 valence electrons. The van der Waals surface area contributed by atoms with Gasteiger partial charge in [0.25, 0.3) is 0 Å². The summed E-state index contributed by atoms with van der Waals surface area (Å²) in [4.78, 5) is 0. The van der Waals surface area contributed by atoms with Crippen LogP contribution in [-0.2, 0) is 5.54 Å². The molecular formula is C10H13N3. The Hall–Kier alpha value is -1.35. The summed E-state index contributed by atoms with van der Waals surface area (Å²) in [7, 11) is 0. The fourth-order valence-corrected chi connectivity index (χ4v) is 1.45. The number of rotatable bonds is 1. The highest BCUT2D eigenvalue weighted by atomic mass is 15.1. The Balaban J connectivity index is 2.72. The largest absolute Gasteiger partial charge is 0.320 e. The van der Waals surface area contributed by atoms with Gasteiger partial charge in [-0.1, -0.05) is 18.2 Å². The third-order valence-corrected chi connectivity index (χ3v) is 2.08. The molecule has 2 rings (SSSR count). The lowest BCUT2D eigenvalue weighted by atomic mass is 9.99. The Labute approximate surface area is 76.9 Å². The normalized spacial score (nSPS) is 12.2. The molecular weight excluding hydrogens is 162 g/mol. The van der Waals surface area contributed by atoms with E-state index in [-0.39, 0.29) is 5.54 Å². The van der Waals surface area contributed by atoms with Crippen molar-refractivity contribution in [3.05, 3.63) is 30.0 Å². The maximum Gasteiger partial charge on any atom is 0.0893 e. The highest BCUT2D eigenvalue weighted by Gasteiger charge is 2.19. The minimum absolute atomic E-state index is 0.389. The van der Waals surface area contributed by atoms with Crippen LogP contribution < -0.4 is 5.73 Å². The molecule has 1 aromatic carbocycles. The van der Waals surface area contributed by atoms with Crippen LogP contribution in [0, 0.1) is 0 Å². The van der Waals surface area contributed by atoms with E-state index in [1.54, 1.807) is 0 Å². The van der Waals surface area contributed by atoms with Crippen molar-refractivity contribution in [1.82, 2.24) is 10.2 Å². The summed E-state index contributed by atoms with van der Waals surface area (Å²) in [6.07, 6.45) is 0. The van der Waals surface area contributed by atoms with Gasteiger partial charge in [0.05, 0.1) is 16.7 Å². The van der Waals surface area contributed by atoms with E-state index in [1.807, 2.05) is 38.1 Å². The van der Waals surface area contributed by atoms with E-state index < -0.39 is 0 Å². The molecule has 0 spiro atoms. The zero-order chi connectivity index (χ0) is 9.47. The van der Waals surface area contributed by atoms with E-state index in [0.29, 0.717) is 0 Å². The molecule has 0 radical (unpaired) electrons. The Bertz CT molecular complexity index is 423. The average molecular weight is 175 g/mol. The third kappa shape index (κ3) is 1.31. The number of fused-ring (bicyclic) bond motifs is 1. The molecule has 1 aromatic heterocycles. The predicted molar refractivity (Wildman–Crippen MR) is 53.3 cm³/mol. The molecule has 0 bridgehead atoms. The molecule has 3 N–H and O–H groups in total. The lowest BCUT2D eigenvalue weighted by molar-refractivity contribution is 0.538. The van der Waals surface area contributed by atoms with Gasteiger partial charge in [0, 0.05) is 5.39 Å². The molecule has 3 nitrogen and oxygen atoms in total. The summed E-state index contributed by atoms with van der Waals surface area (Å²) in [6.45, 7) is 3.91. The molecule has 0 amide bonds. The number of aromatic nitrogens is 2. The number of hydrogen-bond donors (Lipinski definition) is 2. The van der Waals surface area contributed by atoms with Crippen LogP contribution in [0.5, 0.6) is 0 Å². The minimum Gasteiger partial charge on any atom is -0.320 e. The van der Waals surface area contributed by atoms with Crippen LogP contribution in [0.1, 0.15) is 19.5 Å². The number of nitrogens with zero attached hydrogens (tertiary/aromatic N) is 1. The molecule has 0 fully saturated rings. The second-order valence-corrected chi connectivity index (χ2v) is 3.84. The topological polar surface area (TPSA) is 54.7 Å². The van der Waals surface area contributed by atoms with Crippen molar-refractivity contribution < 1.29 is 0 Å². The van der Waals surface area contributed by atoms with Gasteiger partial charge < -0.3 is 5.73 Å². The first-order chi connectivity index (χ1) is 6.09. The Morgan fingerprint density at radius 1 is 1.31 bits per heavy atom. The maximum absolute atomic E-state index is 5.98. The SMILES string of the molecule is CC(C)(N)c1n[nH]c2ccccc12. The summed E-state index contributed by atoms with van der Waals surface area (Å²) in [6, 6.07) is 8.00. The first-order valence-corrected chi connectivity index (χ1v) is 4.31. The Morgan fingerprint density at radius 2 is 2.00 bits per heavy atom. The van der Waals surface area contributed by atoms with Crippen molar-refractivity contribution in [2.45, 2.75) is 19.4 Å². The highest BCUT2D eigenvalue weighted by molar-refractivity contribution is 5.81. The van der Waals surface area contributed by atoms with Crippen LogP contribution in [0.3, 0.4) is 0 Å². The molecule has 0 saturated heterocycles. The summed E-state index contributed by atoms with van der Waals surface area (Å²) < 4.78 is 0. The third-order valence-electron chi connectivity index (χ3n) is 2.08. The molecule has 2 aromatic rings. The van der Waals surface area contributed by atoms with Gasteiger partial charge >= 0.3 is 0 Å². The van der Waals surface area contributed by atoms with Crippen molar-refractivity contribution in [3.63, 3.8) is 0 Å². The van der Waals surface area contributed by atoms with E-state index in [0.717, 1.165) is 16.6 Å². The van der Waals surface area contributed by atoms with Gasteiger partial charge in [-0.2, -0.15) is 5.10 Å². The van der Waals surface area contributed by atoms with Crippen molar-refractivity contribution in [3.8, 4) is 0 Å². The van der Waals surface area contributed by atoms with E-state index in [2.05, 4.69) is 10.2 Å². The average Bonchev–Trinajstić information content (AvgIpc) is 2.45. The molecule has 0 saturated carbocycles. The second-order valence-electron chi connectivity index (χ2n) is 3.84. The van der Waals surface area contributed by atoms with Gasteiger partial charge in [-0.3, -0.25) is 5.10 Å². The van der Waals surface area contributed by atoms with Gasteiger partial charge in [0.15, 0.2) is 0 Å². The molecule has 0 atom stereocenters. The number of para-hydroxylation sites is 1. The number of benzene rings is 1. The second kappa shape index (κ2) is 2.57. The number of nitrogens with two attached hydrogens (primary N) is 1. The summed E-state index contributed by atoms with van der Waals surface area (Å²) in [5.41, 5.74) is 7.55. The van der Waals surface area contributed by atoms with Gasteiger partial charge in [0.2, 0.25) is 0 Å². The van der Waals surface area contributed by atoms with Crippen molar-refractivity contribution in [2.24, 2.45) is 5.73 Å². The molecule has 0 aliphatic rings. The minimum atomic E-state index is -0.389. The van der Waals surface area contributed by atoms with Crippen molar-refractivity contribution in [2.75, 3.05) is 0 Å². The zero-order valence-corrected chi connectivity index (χ0v) is 7.83. The van der Waals surface area contributed by atoms with Crippen molar-refractivity contribution in [1.29, 1.82) is 0 Å². The van der Waals surface area contributed by atoms with E-state index in [9.17, 15) is 0 Å². The van der Waals surface area contributed by atoms with Crippen LogP contribution in [0.15, 0.2) is 24.3 Å². The van der Waals surface area contributed by atoms with Crippen LogP contribution in [0.25, 0.3) is 10.9 Å². The van der Waals surface area contributed by atoms with E-state index in [4.69, 9.17) is 5.73 Å². The summed E-state index contributed by atoms with van der Waals surface area (Å²) >= 11 is 0. The quantitative estimate of drug-likeness (QED) is 0.693. The monoisotopic (exact) mass is 175 g/mol. The molecule has 0 unspecified atom stereocenters. The Kier molecular flexibility index (Phi) is 1.63. The number of hydrogen-bond acceptors (Lipinski definition) is 2. The molecule has 3 heteroatoms. The zero-order valence-electron chi connectivity index (χ0n) is 7.83. The lowest BCUT2D eigenvalue weighted by Gasteiger charge is -2.15. The molecule has 13 heavy (non-hydrogen) atoms. The van der Waals surface area contributed by atoms with Gasteiger partial charge in [0.1, 0.15) is 0 Å². The first kappa shape index (κ1) is 8.26. The van der Waals surface area contributed by atoms with Gasteiger partial charge in [-0.15, -0.1) is 0 Å². The van der Waals surface area contributed by atoms with Gasteiger partial charge in [-0.25, -0.2) is 0 Å². The van der Waals surface area contributed by atoms with Crippen LogP contribution >= 0.6 is 0 Å². The standard InChI is InChI=1S/C10H13N3/c1-10(2,11)9-7-5-3-4-6-8(7)12-13-9/h3-6H,11H2,1-2H3,(H,12,13). The van der Waals surface area contributed by atoms with Gasteiger partial charge in [-0.05, 0) is 19.9 Å². The molecule has 0 aliphatic carbocycles. The van der Waals surface area contributed by atoms with E-state index in [1.165, 1.54) is 0 Å². The van der Waals surface area contributed by atoms with Crippen LogP contribution in [0.4, 0.5) is 0 Å². The smallest absolute Gasteiger partial charge is 0.0893 e. The van der Waals surface area contributed by atoms with Crippen LogP contribution in [0.2, 0.25) is 0 Å². The predicted octanol–water partition coefficient (Wildman–Crippen LogP) is 1.76. The lowest BCUT2D eigenvalue weighted by Crippen LogP contribution is -2.29. The maximum atomic E-state index is 5.98. The molecule has 0 aliphatic heterocycles. The fourth-order valence-electron chi connectivity index (χ4n) is 1.45. The number of aromatic amines is 1. The number of nitrogens with one attached hydrogen (secondary N) is 1. The van der Waals surface area contributed by atoms with E-state index >= 15 is 0 Å². The Morgan fingerprint density at radius 3 is 2.69 bits per heavy atom. The van der Waals surface area contributed by atoms with Crippen LogP contribution in [-0.4, -0.2) is 10.2 Å². The molecule has 1 heterocycles. The highest BCUT2D eigenvalue weighted by Crippen LogP contribution is 2.23. The van der Waals surface area contributed by atoms with Crippen molar-refractivity contribution >= 4 is 10.9 Å². The fraction of sp³-hybridized carbons (Fsp3) is 0.300. The number of H-pyrrole nitrogens is 1.